The van der Waals surface area contributed by atoms with Gasteiger partial charge < -0.3 is 5.32 Å². The Labute approximate surface area is 127 Å². The molecule has 2 heteroatoms. The Morgan fingerprint density at radius 1 is 0.857 bits per heavy atom. The fourth-order valence-electron chi connectivity index (χ4n) is 3.05. The molecule has 2 aromatic carbocycles. The van der Waals surface area contributed by atoms with Gasteiger partial charge in [-0.3, -0.25) is 4.90 Å². The minimum atomic E-state index is 0.495. The fourth-order valence-corrected chi connectivity index (χ4v) is 3.05. The van der Waals surface area contributed by atoms with Crippen LogP contribution in [0.1, 0.15) is 24.9 Å². The SMILES string of the molecule is CC(c1ccc(-c2ccccc2)cc1)N1CCCNCC1. The molecule has 1 N–H and O–H groups in total. The van der Waals surface area contributed by atoms with Crippen molar-refractivity contribution in [1.29, 1.82) is 0 Å². The molecule has 2 aromatic rings. The molecule has 21 heavy (non-hydrogen) atoms. The molecule has 2 nitrogen and oxygen atoms in total. The zero-order valence-corrected chi connectivity index (χ0v) is 12.8. The first-order valence-electron chi connectivity index (χ1n) is 7.95. The largest absolute Gasteiger partial charge is 0.315 e. The van der Waals surface area contributed by atoms with Crippen molar-refractivity contribution < 1.29 is 0 Å². The van der Waals surface area contributed by atoms with Crippen LogP contribution in [-0.4, -0.2) is 31.1 Å². The van der Waals surface area contributed by atoms with Crippen LogP contribution in [0.2, 0.25) is 0 Å². The highest BCUT2D eigenvalue weighted by Crippen LogP contribution is 2.25. The fraction of sp³-hybridized carbons (Fsp3) is 0.368. The van der Waals surface area contributed by atoms with Gasteiger partial charge in [0.15, 0.2) is 0 Å². The van der Waals surface area contributed by atoms with Crippen LogP contribution in [0.15, 0.2) is 54.6 Å². The minimum Gasteiger partial charge on any atom is -0.315 e. The topological polar surface area (TPSA) is 15.3 Å². The third-order valence-electron chi connectivity index (χ3n) is 4.42. The molecule has 0 bridgehead atoms. The van der Waals surface area contributed by atoms with Gasteiger partial charge in [0.25, 0.3) is 0 Å². The second-order valence-electron chi connectivity index (χ2n) is 5.80. The Morgan fingerprint density at radius 3 is 2.33 bits per heavy atom. The molecule has 1 aliphatic heterocycles. The Kier molecular flexibility index (Phi) is 4.69. The van der Waals surface area contributed by atoms with E-state index in [0.29, 0.717) is 6.04 Å². The van der Waals surface area contributed by atoms with E-state index in [1.165, 1.54) is 29.7 Å². The Bertz CT molecular complexity index is 540. The van der Waals surface area contributed by atoms with Crippen LogP contribution >= 0.6 is 0 Å². The molecule has 1 fully saturated rings. The van der Waals surface area contributed by atoms with Crippen molar-refractivity contribution in [1.82, 2.24) is 10.2 Å². The summed E-state index contributed by atoms with van der Waals surface area (Å²) >= 11 is 0. The normalized spacial score (nSPS) is 18.1. The monoisotopic (exact) mass is 280 g/mol. The highest BCUT2D eigenvalue weighted by atomic mass is 15.2. The van der Waals surface area contributed by atoms with Gasteiger partial charge in [0, 0.05) is 19.1 Å². The van der Waals surface area contributed by atoms with Crippen molar-refractivity contribution in [2.75, 3.05) is 26.2 Å². The standard InChI is InChI=1S/C19H24N2/c1-16(21-14-5-12-20-13-15-21)17-8-10-19(11-9-17)18-6-3-2-4-7-18/h2-4,6-11,16,20H,5,12-15H2,1H3. The van der Waals surface area contributed by atoms with Gasteiger partial charge in [0.05, 0.1) is 0 Å². The predicted molar refractivity (Wildman–Crippen MR) is 89.4 cm³/mol. The lowest BCUT2D eigenvalue weighted by molar-refractivity contribution is 0.225. The molecule has 0 radical (unpaired) electrons. The smallest absolute Gasteiger partial charge is 0.0320 e. The van der Waals surface area contributed by atoms with E-state index < -0.39 is 0 Å². The van der Waals surface area contributed by atoms with Crippen LogP contribution in [0.3, 0.4) is 0 Å². The molecule has 0 aliphatic carbocycles. The lowest BCUT2D eigenvalue weighted by Gasteiger charge is -2.27. The number of benzene rings is 2. The van der Waals surface area contributed by atoms with Crippen LogP contribution in [-0.2, 0) is 0 Å². The van der Waals surface area contributed by atoms with E-state index in [2.05, 4.69) is 71.7 Å². The summed E-state index contributed by atoms with van der Waals surface area (Å²) < 4.78 is 0. The minimum absolute atomic E-state index is 0.495. The highest BCUT2D eigenvalue weighted by Gasteiger charge is 2.16. The molecule has 1 unspecified atom stereocenters. The summed E-state index contributed by atoms with van der Waals surface area (Å²) in [7, 11) is 0. The number of hydrogen-bond acceptors (Lipinski definition) is 2. The number of nitrogens with one attached hydrogen (secondary N) is 1. The molecule has 1 heterocycles. The third kappa shape index (κ3) is 3.52. The van der Waals surface area contributed by atoms with Crippen molar-refractivity contribution >= 4 is 0 Å². The van der Waals surface area contributed by atoms with Crippen LogP contribution in [0.4, 0.5) is 0 Å². The van der Waals surface area contributed by atoms with Crippen LogP contribution in [0.25, 0.3) is 11.1 Å². The van der Waals surface area contributed by atoms with Gasteiger partial charge in [-0.15, -0.1) is 0 Å². The van der Waals surface area contributed by atoms with E-state index >= 15 is 0 Å². The first-order chi connectivity index (χ1) is 10.3. The van der Waals surface area contributed by atoms with E-state index in [9.17, 15) is 0 Å². The third-order valence-corrected chi connectivity index (χ3v) is 4.42. The summed E-state index contributed by atoms with van der Waals surface area (Å²) in [6.45, 7) is 6.90. The predicted octanol–water partition coefficient (Wildman–Crippen LogP) is 3.71. The average Bonchev–Trinajstić information content (AvgIpc) is 2.84. The van der Waals surface area contributed by atoms with Crippen LogP contribution < -0.4 is 5.32 Å². The van der Waals surface area contributed by atoms with Crippen molar-refractivity contribution in [3.8, 4) is 11.1 Å². The first kappa shape index (κ1) is 14.3. The number of nitrogens with zero attached hydrogens (tertiary/aromatic N) is 1. The van der Waals surface area contributed by atoms with Crippen molar-refractivity contribution in [3.05, 3.63) is 60.2 Å². The zero-order chi connectivity index (χ0) is 14.5. The first-order valence-corrected chi connectivity index (χ1v) is 7.95. The van der Waals surface area contributed by atoms with E-state index in [1.807, 2.05) is 0 Å². The van der Waals surface area contributed by atoms with E-state index in [-0.39, 0.29) is 0 Å². The second kappa shape index (κ2) is 6.88. The molecule has 1 atom stereocenters. The second-order valence-corrected chi connectivity index (χ2v) is 5.80. The Morgan fingerprint density at radius 2 is 1.57 bits per heavy atom. The maximum atomic E-state index is 3.47. The molecule has 1 aliphatic rings. The van der Waals surface area contributed by atoms with Crippen molar-refractivity contribution in [2.24, 2.45) is 0 Å². The van der Waals surface area contributed by atoms with Gasteiger partial charge in [-0.1, -0.05) is 54.6 Å². The molecule has 110 valence electrons. The van der Waals surface area contributed by atoms with Gasteiger partial charge >= 0.3 is 0 Å². The molecular weight excluding hydrogens is 256 g/mol. The zero-order valence-electron chi connectivity index (χ0n) is 12.8. The molecule has 0 amide bonds. The summed E-state index contributed by atoms with van der Waals surface area (Å²) in [6.07, 6.45) is 1.24. The Hall–Kier alpha value is -1.64. The number of hydrogen-bond donors (Lipinski definition) is 1. The molecule has 0 spiro atoms. The van der Waals surface area contributed by atoms with Gasteiger partial charge in [0.2, 0.25) is 0 Å². The molecule has 1 saturated heterocycles. The van der Waals surface area contributed by atoms with Crippen molar-refractivity contribution in [3.63, 3.8) is 0 Å². The molecule has 0 saturated carbocycles. The quantitative estimate of drug-likeness (QED) is 0.922. The lowest BCUT2D eigenvalue weighted by Crippen LogP contribution is -2.30. The molecule has 3 rings (SSSR count). The summed E-state index contributed by atoms with van der Waals surface area (Å²) in [4.78, 5) is 2.58. The van der Waals surface area contributed by atoms with E-state index in [0.717, 1.165) is 19.6 Å². The maximum absolute atomic E-state index is 3.47. The van der Waals surface area contributed by atoms with Crippen molar-refractivity contribution in [2.45, 2.75) is 19.4 Å². The van der Waals surface area contributed by atoms with E-state index in [1.54, 1.807) is 0 Å². The summed E-state index contributed by atoms with van der Waals surface area (Å²) in [5, 5.41) is 3.47. The lowest BCUT2D eigenvalue weighted by atomic mass is 10.0. The summed E-state index contributed by atoms with van der Waals surface area (Å²) in [6, 6.07) is 20.1. The Balaban J connectivity index is 1.74. The van der Waals surface area contributed by atoms with Gasteiger partial charge in [0.1, 0.15) is 0 Å². The van der Waals surface area contributed by atoms with Gasteiger partial charge in [-0.2, -0.15) is 0 Å². The highest BCUT2D eigenvalue weighted by molar-refractivity contribution is 5.63. The molecular formula is C19H24N2. The van der Waals surface area contributed by atoms with E-state index in [4.69, 9.17) is 0 Å². The summed E-state index contributed by atoms with van der Waals surface area (Å²) in [5.74, 6) is 0. The van der Waals surface area contributed by atoms with Gasteiger partial charge in [-0.05, 0) is 43.1 Å². The van der Waals surface area contributed by atoms with Crippen LogP contribution in [0, 0.1) is 0 Å². The average molecular weight is 280 g/mol. The summed E-state index contributed by atoms with van der Waals surface area (Å²) in [5.41, 5.74) is 4.00. The van der Waals surface area contributed by atoms with Gasteiger partial charge in [-0.25, -0.2) is 0 Å². The maximum Gasteiger partial charge on any atom is 0.0320 e. The molecule has 0 aromatic heterocycles. The van der Waals surface area contributed by atoms with Crippen LogP contribution in [0.5, 0.6) is 0 Å². The number of rotatable bonds is 3.